The van der Waals surface area contributed by atoms with E-state index < -0.39 is 0 Å². The predicted octanol–water partition coefficient (Wildman–Crippen LogP) is -0.994. The van der Waals surface area contributed by atoms with Crippen molar-refractivity contribution in [1.29, 1.82) is 0 Å². The molecule has 1 saturated carbocycles. The Morgan fingerprint density at radius 2 is 1.89 bits per heavy atom. The van der Waals surface area contributed by atoms with Crippen LogP contribution in [0.2, 0.25) is 0 Å². The number of hydrogen-bond donors (Lipinski definition) is 3. The number of carbonyl (C=O) groups excluding carboxylic acids is 2. The molecule has 0 spiro atoms. The summed E-state index contributed by atoms with van der Waals surface area (Å²) in [5.41, 5.74) is 0. The summed E-state index contributed by atoms with van der Waals surface area (Å²) in [5.74, 6) is 0.258. The van der Waals surface area contributed by atoms with E-state index in [1.807, 2.05) is 6.92 Å². The average molecular weight is 255 g/mol. The summed E-state index contributed by atoms with van der Waals surface area (Å²) in [7, 11) is 0. The number of ether oxygens (including phenoxy) is 1. The Labute approximate surface area is 107 Å². The number of amides is 2. The van der Waals surface area contributed by atoms with E-state index in [4.69, 9.17) is 4.74 Å². The summed E-state index contributed by atoms with van der Waals surface area (Å²) >= 11 is 0. The molecule has 1 saturated heterocycles. The van der Waals surface area contributed by atoms with Crippen LogP contribution in [-0.4, -0.2) is 50.2 Å². The third-order valence-corrected chi connectivity index (χ3v) is 3.27. The summed E-state index contributed by atoms with van der Waals surface area (Å²) in [6.07, 6.45) is 1.89. The monoisotopic (exact) mass is 255 g/mol. The molecule has 6 heteroatoms. The Kier molecular flexibility index (Phi) is 4.54. The van der Waals surface area contributed by atoms with Gasteiger partial charge >= 0.3 is 0 Å². The van der Waals surface area contributed by atoms with Gasteiger partial charge in [-0.1, -0.05) is 0 Å². The van der Waals surface area contributed by atoms with Crippen LogP contribution in [0.4, 0.5) is 0 Å². The molecule has 0 aromatic rings. The second-order valence-corrected chi connectivity index (χ2v) is 4.86. The Morgan fingerprint density at radius 3 is 2.50 bits per heavy atom. The van der Waals surface area contributed by atoms with E-state index in [2.05, 4.69) is 16.0 Å². The lowest BCUT2D eigenvalue weighted by atomic mass is 10.1. The van der Waals surface area contributed by atoms with Crippen LogP contribution < -0.4 is 16.0 Å². The maximum atomic E-state index is 11.8. The van der Waals surface area contributed by atoms with Gasteiger partial charge in [0.05, 0.1) is 12.7 Å². The van der Waals surface area contributed by atoms with Crippen molar-refractivity contribution in [1.82, 2.24) is 16.0 Å². The summed E-state index contributed by atoms with van der Waals surface area (Å²) in [4.78, 5) is 23.2. The first-order valence-corrected chi connectivity index (χ1v) is 6.59. The third kappa shape index (κ3) is 3.68. The fourth-order valence-electron chi connectivity index (χ4n) is 2.00. The van der Waals surface area contributed by atoms with E-state index in [9.17, 15) is 9.59 Å². The topological polar surface area (TPSA) is 79.5 Å². The minimum absolute atomic E-state index is 0.0668. The van der Waals surface area contributed by atoms with Gasteiger partial charge in [0.15, 0.2) is 0 Å². The van der Waals surface area contributed by atoms with Crippen molar-refractivity contribution >= 4 is 11.8 Å². The van der Waals surface area contributed by atoms with E-state index in [1.165, 1.54) is 0 Å². The van der Waals surface area contributed by atoms with Crippen LogP contribution in [0.3, 0.4) is 0 Å². The maximum absolute atomic E-state index is 11.8. The highest BCUT2D eigenvalue weighted by atomic mass is 16.5. The minimum Gasteiger partial charge on any atom is -0.375 e. The Bertz CT molecular complexity index is 318. The molecule has 0 bridgehead atoms. The highest BCUT2D eigenvalue weighted by molar-refractivity contribution is 5.83. The lowest BCUT2D eigenvalue weighted by Crippen LogP contribution is -2.56. The van der Waals surface area contributed by atoms with Crippen LogP contribution in [-0.2, 0) is 14.3 Å². The van der Waals surface area contributed by atoms with Gasteiger partial charge in [-0.15, -0.1) is 0 Å². The Balaban J connectivity index is 1.60. The highest BCUT2D eigenvalue weighted by Crippen LogP contribution is 2.28. The fraction of sp³-hybridized carbons (Fsp3) is 0.833. The van der Waals surface area contributed by atoms with Gasteiger partial charge in [0.2, 0.25) is 11.8 Å². The second kappa shape index (κ2) is 6.15. The molecule has 2 atom stereocenters. The van der Waals surface area contributed by atoms with Gasteiger partial charge < -0.3 is 20.7 Å². The van der Waals surface area contributed by atoms with Crippen LogP contribution in [0.25, 0.3) is 0 Å². The van der Waals surface area contributed by atoms with E-state index in [0.29, 0.717) is 26.2 Å². The zero-order chi connectivity index (χ0) is 13.0. The Morgan fingerprint density at radius 1 is 1.22 bits per heavy atom. The molecular weight excluding hydrogens is 234 g/mol. The lowest BCUT2D eigenvalue weighted by molar-refractivity contribution is -0.129. The van der Waals surface area contributed by atoms with Crippen molar-refractivity contribution in [2.24, 2.45) is 5.92 Å². The average Bonchev–Trinajstić information content (AvgIpc) is 3.19. The van der Waals surface area contributed by atoms with Gasteiger partial charge in [-0.2, -0.15) is 0 Å². The Hall–Kier alpha value is -1.14. The third-order valence-electron chi connectivity index (χ3n) is 3.27. The fourth-order valence-corrected chi connectivity index (χ4v) is 2.00. The molecule has 2 rings (SSSR count). The predicted molar refractivity (Wildman–Crippen MR) is 65.9 cm³/mol. The highest BCUT2D eigenvalue weighted by Gasteiger charge is 2.29. The van der Waals surface area contributed by atoms with E-state index in [-0.39, 0.29) is 29.9 Å². The number of hydrogen-bond acceptors (Lipinski definition) is 4. The van der Waals surface area contributed by atoms with E-state index in [1.54, 1.807) is 0 Å². The first kappa shape index (κ1) is 13.3. The molecule has 2 aliphatic rings. The molecule has 18 heavy (non-hydrogen) atoms. The van der Waals surface area contributed by atoms with Crippen molar-refractivity contribution in [2.75, 3.05) is 26.2 Å². The van der Waals surface area contributed by atoms with Crippen LogP contribution in [0.15, 0.2) is 0 Å². The summed E-state index contributed by atoms with van der Waals surface area (Å²) in [6.45, 7) is 4.17. The number of morpholine rings is 1. The van der Waals surface area contributed by atoms with Crippen LogP contribution in [0.5, 0.6) is 0 Å². The van der Waals surface area contributed by atoms with Crippen molar-refractivity contribution in [3.05, 3.63) is 0 Å². The molecule has 0 aromatic heterocycles. The van der Waals surface area contributed by atoms with Gasteiger partial charge in [-0.25, -0.2) is 0 Å². The molecular formula is C12H21N3O3. The van der Waals surface area contributed by atoms with Crippen LogP contribution >= 0.6 is 0 Å². The molecule has 3 N–H and O–H groups in total. The SMILES string of the molecule is C[C@H]1OCCN[C@@H]1C(=O)NCCNC(=O)C1CC1. The van der Waals surface area contributed by atoms with Gasteiger partial charge in [-0.3, -0.25) is 9.59 Å². The molecule has 0 aromatic carbocycles. The molecule has 0 unspecified atom stereocenters. The quantitative estimate of drug-likeness (QED) is 0.551. The van der Waals surface area contributed by atoms with Gasteiger partial charge in [0, 0.05) is 25.6 Å². The zero-order valence-electron chi connectivity index (χ0n) is 10.7. The van der Waals surface area contributed by atoms with Crippen molar-refractivity contribution < 1.29 is 14.3 Å². The molecule has 2 fully saturated rings. The number of nitrogens with one attached hydrogen (secondary N) is 3. The maximum Gasteiger partial charge on any atom is 0.239 e. The van der Waals surface area contributed by atoms with E-state index >= 15 is 0 Å². The van der Waals surface area contributed by atoms with Gasteiger partial charge in [0.25, 0.3) is 0 Å². The lowest BCUT2D eigenvalue weighted by Gasteiger charge is -2.29. The normalized spacial score (nSPS) is 27.6. The summed E-state index contributed by atoms with van der Waals surface area (Å²) < 4.78 is 5.40. The van der Waals surface area contributed by atoms with Gasteiger partial charge in [0.1, 0.15) is 6.04 Å². The second-order valence-electron chi connectivity index (χ2n) is 4.86. The van der Waals surface area contributed by atoms with Gasteiger partial charge in [-0.05, 0) is 19.8 Å². The largest absolute Gasteiger partial charge is 0.375 e. The summed E-state index contributed by atoms with van der Waals surface area (Å²) in [6, 6.07) is -0.294. The molecule has 1 aliphatic carbocycles. The number of carbonyl (C=O) groups is 2. The van der Waals surface area contributed by atoms with E-state index in [0.717, 1.165) is 12.8 Å². The standard InChI is InChI=1S/C12H21N3O3/c1-8-10(13-6-7-18-8)12(17)15-5-4-14-11(16)9-2-3-9/h8-10,13H,2-7H2,1H3,(H,14,16)(H,15,17)/t8-,10+/m1/s1. The van der Waals surface area contributed by atoms with Crippen LogP contribution in [0.1, 0.15) is 19.8 Å². The molecule has 6 nitrogen and oxygen atoms in total. The number of rotatable bonds is 5. The molecule has 102 valence electrons. The molecule has 1 heterocycles. The van der Waals surface area contributed by atoms with Crippen LogP contribution in [0, 0.1) is 5.92 Å². The molecule has 0 radical (unpaired) electrons. The van der Waals surface area contributed by atoms with Crippen molar-refractivity contribution in [3.8, 4) is 0 Å². The molecule has 2 amide bonds. The molecule has 1 aliphatic heterocycles. The minimum atomic E-state index is -0.294. The summed E-state index contributed by atoms with van der Waals surface area (Å²) in [5, 5.41) is 8.73. The van der Waals surface area contributed by atoms with Crippen molar-refractivity contribution in [2.45, 2.75) is 31.9 Å². The first-order valence-electron chi connectivity index (χ1n) is 6.59. The van der Waals surface area contributed by atoms with Crippen molar-refractivity contribution in [3.63, 3.8) is 0 Å². The first-order chi connectivity index (χ1) is 8.68. The zero-order valence-corrected chi connectivity index (χ0v) is 10.7. The smallest absolute Gasteiger partial charge is 0.239 e.